The molecule has 1 aromatic carbocycles. The van der Waals surface area contributed by atoms with Crippen molar-refractivity contribution in [2.45, 2.75) is 25.5 Å². The Balaban J connectivity index is 1.51. The normalized spacial score (nSPS) is 21.2. The second-order valence-corrected chi connectivity index (χ2v) is 7.41. The summed E-state index contributed by atoms with van der Waals surface area (Å²) in [5, 5.41) is 3.27. The van der Waals surface area contributed by atoms with Crippen LogP contribution < -0.4 is 5.32 Å². The first kappa shape index (κ1) is 19.1. The summed E-state index contributed by atoms with van der Waals surface area (Å²) in [7, 11) is 1.73. The molecule has 0 radical (unpaired) electrons. The zero-order chi connectivity index (χ0) is 18.5. The average Bonchev–Trinajstić information content (AvgIpc) is 3.16. The van der Waals surface area contributed by atoms with Gasteiger partial charge in [0.1, 0.15) is 11.9 Å². The molecule has 2 aliphatic rings. The van der Waals surface area contributed by atoms with Crippen molar-refractivity contribution >= 4 is 27.8 Å². The lowest BCUT2D eigenvalue weighted by Crippen LogP contribution is -2.55. The maximum absolute atomic E-state index is 13.5. The summed E-state index contributed by atoms with van der Waals surface area (Å²) >= 11 is 3.31. The van der Waals surface area contributed by atoms with Crippen LogP contribution in [-0.4, -0.2) is 67.6 Å². The molecule has 1 N–H and O–H groups in total. The highest BCUT2D eigenvalue weighted by atomic mass is 79.9. The number of carbonyl (C=O) groups is 1. The number of hydrogen-bond donors (Lipinski definition) is 1. The Bertz CT molecular complexity index is 651. The predicted octanol–water partition coefficient (Wildman–Crippen LogP) is 1.99. The van der Waals surface area contributed by atoms with Crippen molar-refractivity contribution in [1.29, 1.82) is 0 Å². The number of nitrogens with zero attached hydrogens (tertiary/aromatic N) is 3. The molecule has 1 aromatic rings. The van der Waals surface area contributed by atoms with Crippen molar-refractivity contribution in [2.24, 2.45) is 4.99 Å². The fourth-order valence-corrected chi connectivity index (χ4v) is 3.85. The van der Waals surface area contributed by atoms with Gasteiger partial charge in [-0.2, -0.15) is 0 Å². The molecular weight excluding hydrogens is 403 g/mol. The molecule has 2 fully saturated rings. The Hall–Kier alpha value is -1.67. The molecule has 0 saturated carbocycles. The second-order valence-electron chi connectivity index (χ2n) is 6.49. The molecule has 2 heterocycles. The summed E-state index contributed by atoms with van der Waals surface area (Å²) in [5.74, 6) is 0.594. The van der Waals surface area contributed by atoms with Gasteiger partial charge in [0.25, 0.3) is 5.91 Å². The number of ether oxygens (including phenoxy) is 1. The largest absolute Gasteiger partial charge is 0.368 e. The molecule has 0 aromatic heterocycles. The summed E-state index contributed by atoms with van der Waals surface area (Å²) < 4.78 is 19.7. The molecule has 2 saturated heterocycles. The highest BCUT2D eigenvalue weighted by Gasteiger charge is 2.30. The molecule has 0 spiro atoms. The van der Waals surface area contributed by atoms with Gasteiger partial charge in [-0.15, -0.1) is 0 Å². The minimum atomic E-state index is -0.271. The summed E-state index contributed by atoms with van der Waals surface area (Å²) in [6, 6.07) is 4.81. The van der Waals surface area contributed by atoms with E-state index in [4.69, 9.17) is 4.74 Å². The van der Waals surface area contributed by atoms with E-state index in [0.29, 0.717) is 43.8 Å². The Morgan fingerprint density at radius 3 is 2.65 bits per heavy atom. The third kappa shape index (κ3) is 4.73. The summed E-state index contributed by atoms with van der Waals surface area (Å²) in [5.41, 5.74) is 0.838. The minimum absolute atomic E-state index is 0.106. The van der Waals surface area contributed by atoms with Crippen LogP contribution in [0.5, 0.6) is 0 Å². The van der Waals surface area contributed by atoms with E-state index in [9.17, 15) is 9.18 Å². The van der Waals surface area contributed by atoms with Gasteiger partial charge in [-0.05, 0) is 36.6 Å². The topological polar surface area (TPSA) is 57.2 Å². The van der Waals surface area contributed by atoms with Crippen molar-refractivity contribution < 1.29 is 13.9 Å². The molecule has 0 aliphatic carbocycles. The van der Waals surface area contributed by atoms with Crippen LogP contribution in [-0.2, 0) is 16.1 Å². The molecule has 1 amide bonds. The first-order valence-electron chi connectivity index (χ1n) is 8.88. The number of rotatable bonds is 3. The summed E-state index contributed by atoms with van der Waals surface area (Å²) in [6.07, 6.45) is 1.53. The van der Waals surface area contributed by atoms with Gasteiger partial charge in [-0.1, -0.05) is 15.9 Å². The number of carbonyl (C=O) groups excluding carboxylic acids is 1. The quantitative estimate of drug-likeness (QED) is 0.592. The van der Waals surface area contributed by atoms with E-state index in [0.717, 1.165) is 24.4 Å². The molecule has 8 heteroatoms. The molecular formula is C18H24BrFN4O2. The summed E-state index contributed by atoms with van der Waals surface area (Å²) in [6.45, 7) is 3.91. The molecule has 1 atom stereocenters. The van der Waals surface area contributed by atoms with Crippen molar-refractivity contribution in [2.75, 3.05) is 39.8 Å². The standard InChI is InChI=1S/C18H24BrFN4O2/c1-21-18(22-12-13-9-14(19)11-15(20)10-13)24-6-4-23(5-7-24)17(25)16-3-2-8-26-16/h9-11,16H,2-8,12H2,1H3,(H,21,22). The number of halogens is 2. The Kier molecular flexibility index (Phi) is 6.48. The van der Waals surface area contributed by atoms with Crippen molar-refractivity contribution in [3.8, 4) is 0 Å². The number of nitrogens with one attached hydrogen (secondary N) is 1. The van der Waals surface area contributed by atoms with Gasteiger partial charge < -0.3 is 19.9 Å². The van der Waals surface area contributed by atoms with E-state index >= 15 is 0 Å². The molecule has 6 nitrogen and oxygen atoms in total. The molecule has 2 aliphatic heterocycles. The number of aliphatic imine (C=N–C) groups is 1. The van der Waals surface area contributed by atoms with Crippen LogP contribution in [0.2, 0.25) is 0 Å². The molecule has 1 unspecified atom stereocenters. The average molecular weight is 427 g/mol. The van der Waals surface area contributed by atoms with Gasteiger partial charge in [0.2, 0.25) is 0 Å². The van der Waals surface area contributed by atoms with Crippen LogP contribution in [0.15, 0.2) is 27.7 Å². The molecule has 0 bridgehead atoms. The summed E-state index contributed by atoms with van der Waals surface area (Å²) in [4.78, 5) is 20.7. The van der Waals surface area contributed by atoms with E-state index < -0.39 is 0 Å². The van der Waals surface area contributed by atoms with Crippen LogP contribution >= 0.6 is 15.9 Å². The maximum atomic E-state index is 13.5. The lowest BCUT2D eigenvalue weighted by Gasteiger charge is -2.37. The Labute approximate surface area is 161 Å². The highest BCUT2D eigenvalue weighted by molar-refractivity contribution is 9.10. The predicted molar refractivity (Wildman–Crippen MR) is 101 cm³/mol. The fourth-order valence-electron chi connectivity index (χ4n) is 3.34. The minimum Gasteiger partial charge on any atom is -0.368 e. The highest BCUT2D eigenvalue weighted by Crippen LogP contribution is 2.17. The third-order valence-corrected chi connectivity index (χ3v) is 5.14. The van der Waals surface area contributed by atoms with E-state index in [1.54, 1.807) is 7.05 Å². The van der Waals surface area contributed by atoms with Crippen LogP contribution in [0.3, 0.4) is 0 Å². The number of piperazine rings is 1. The zero-order valence-corrected chi connectivity index (χ0v) is 16.5. The number of benzene rings is 1. The third-order valence-electron chi connectivity index (χ3n) is 4.68. The van der Waals surface area contributed by atoms with Crippen LogP contribution in [0.25, 0.3) is 0 Å². The van der Waals surface area contributed by atoms with Gasteiger partial charge in [-0.3, -0.25) is 9.79 Å². The van der Waals surface area contributed by atoms with Crippen LogP contribution in [0.4, 0.5) is 4.39 Å². The first-order chi connectivity index (χ1) is 12.6. The Morgan fingerprint density at radius 2 is 2.04 bits per heavy atom. The van der Waals surface area contributed by atoms with Gasteiger partial charge in [0.15, 0.2) is 5.96 Å². The monoisotopic (exact) mass is 426 g/mol. The molecule has 3 rings (SSSR count). The van der Waals surface area contributed by atoms with E-state index in [1.807, 2.05) is 11.0 Å². The van der Waals surface area contributed by atoms with Gasteiger partial charge in [-0.25, -0.2) is 4.39 Å². The van der Waals surface area contributed by atoms with E-state index in [1.165, 1.54) is 12.1 Å². The lowest BCUT2D eigenvalue weighted by atomic mass is 10.2. The van der Waals surface area contributed by atoms with Crippen LogP contribution in [0, 0.1) is 5.82 Å². The molecule has 142 valence electrons. The van der Waals surface area contributed by atoms with Crippen molar-refractivity contribution in [1.82, 2.24) is 15.1 Å². The van der Waals surface area contributed by atoms with Gasteiger partial charge in [0.05, 0.1) is 0 Å². The van der Waals surface area contributed by atoms with Crippen molar-refractivity contribution in [3.05, 3.63) is 34.1 Å². The maximum Gasteiger partial charge on any atom is 0.251 e. The number of guanidine groups is 1. The molecule has 26 heavy (non-hydrogen) atoms. The van der Waals surface area contributed by atoms with Gasteiger partial charge >= 0.3 is 0 Å². The van der Waals surface area contributed by atoms with E-state index in [2.05, 4.69) is 31.1 Å². The number of hydrogen-bond acceptors (Lipinski definition) is 3. The first-order valence-corrected chi connectivity index (χ1v) is 9.67. The zero-order valence-electron chi connectivity index (χ0n) is 14.9. The van der Waals surface area contributed by atoms with E-state index in [-0.39, 0.29) is 17.8 Å². The van der Waals surface area contributed by atoms with Gasteiger partial charge in [0, 0.05) is 50.9 Å². The smallest absolute Gasteiger partial charge is 0.251 e. The number of amides is 1. The Morgan fingerprint density at radius 1 is 1.31 bits per heavy atom. The van der Waals surface area contributed by atoms with Crippen LogP contribution in [0.1, 0.15) is 18.4 Å². The SMILES string of the molecule is CN=C(NCc1cc(F)cc(Br)c1)N1CCN(C(=O)C2CCCO2)CC1. The fraction of sp³-hybridized carbons (Fsp3) is 0.556. The lowest BCUT2D eigenvalue weighted by molar-refractivity contribution is -0.142. The van der Waals surface area contributed by atoms with Crippen molar-refractivity contribution in [3.63, 3.8) is 0 Å². The second kappa shape index (κ2) is 8.81.